The Balaban J connectivity index is 2.37. The monoisotopic (exact) mass is 342 g/mol. The molecule has 1 aromatic rings. The van der Waals surface area contributed by atoms with Crippen molar-refractivity contribution in [2.24, 2.45) is 0 Å². The number of nitro benzene ring substituents is 1. The second kappa shape index (κ2) is 5.58. The van der Waals surface area contributed by atoms with Crippen LogP contribution in [0.4, 0.5) is 5.69 Å². The molecule has 0 aromatic heterocycles. The predicted molar refractivity (Wildman–Crippen MR) is 72.5 cm³/mol. The third-order valence-corrected chi connectivity index (χ3v) is 4.04. The fraction of sp³-hybridized carbons (Fsp3) is 0.333. The van der Waals surface area contributed by atoms with E-state index in [1.165, 1.54) is 23.1 Å². The molecule has 106 valence electrons. The summed E-state index contributed by atoms with van der Waals surface area (Å²) in [6.45, 7) is 0.338. The smallest absolute Gasteiger partial charge is 0.326 e. The predicted octanol–water partition coefficient (Wildman–Crippen LogP) is 2.05. The normalized spacial score (nSPS) is 18.1. The molecule has 1 amide bonds. The number of carboxylic acid groups (broad SMARTS) is 1. The van der Waals surface area contributed by atoms with E-state index in [4.69, 9.17) is 5.11 Å². The first-order valence-corrected chi connectivity index (χ1v) is 6.69. The van der Waals surface area contributed by atoms with Gasteiger partial charge in [-0.1, -0.05) is 6.07 Å². The quantitative estimate of drug-likeness (QED) is 0.669. The minimum Gasteiger partial charge on any atom is -0.480 e. The maximum atomic E-state index is 12.4. The van der Waals surface area contributed by atoms with Crippen LogP contribution in [0.15, 0.2) is 22.7 Å². The largest absolute Gasteiger partial charge is 0.480 e. The number of benzene rings is 1. The molecular weight excluding hydrogens is 332 g/mol. The van der Waals surface area contributed by atoms with E-state index in [0.29, 0.717) is 19.4 Å². The van der Waals surface area contributed by atoms with Gasteiger partial charge in [0.2, 0.25) is 0 Å². The van der Waals surface area contributed by atoms with Gasteiger partial charge in [-0.05, 0) is 34.8 Å². The molecule has 1 aliphatic heterocycles. The van der Waals surface area contributed by atoms with Crippen LogP contribution >= 0.6 is 15.9 Å². The number of hydrogen-bond donors (Lipinski definition) is 1. The van der Waals surface area contributed by atoms with Gasteiger partial charge in [0, 0.05) is 12.6 Å². The lowest BCUT2D eigenvalue weighted by Crippen LogP contribution is -2.40. The number of carbonyl (C=O) groups excluding carboxylic acids is 1. The molecule has 1 heterocycles. The highest BCUT2D eigenvalue weighted by molar-refractivity contribution is 9.10. The molecule has 20 heavy (non-hydrogen) atoms. The second-order valence-corrected chi connectivity index (χ2v) is 5.18. The minimum absolute atomic E-state index is 0.0750. The van der Waals surface area contributed by atoms with Crippen LogP contribution in [0.1, 0.15) is 23.2 Å². The fourth-order valence-corrected chi connectivity index (χ4v) is 2.83. The topological polar surface area (TPSA) is 101 Å². The van der Waals surface area contributed by atoms with E-state index >= 15 is 0 Å². The van der Waals surface area contributed by atoms with Crippen molar-refractivity contribution in [2.45, 2.75) is 18.9 Å². The first kappa shape index (κ1) is 14.4. The summed E-state index contributed by atoms with van der Waals surface area (Å²) >= 11 is 3.05. The van der Waals surface area contributed by atoms with E-state index in [1.54, 1.807) is 0 Å². The van der Waals surface area contributed by atoms with E-state index in [9.17, 15) is 19.7 Å². The molecule has 7 nitrogen and oxygen atoms in total. The second-order valence-electron chi connectivity index (χ2n) is 4.39. The number of nitro groups is 1. The summed E-state index contributed by atoms with van der Waals surface area (Å²) in [6.07, 6.45) is 1.00. The first-order chi connectivity index (χ1) is 9.43. The minimum atomic E-state index is -1.06. The van der Waals surface area contributed by atoms with Gasteiger partial charge < -0.3 is 10.0 Å². The summed E-state index contributed by atoms with van der Waals surface area (Å²) in [4.78, 5) is 35.0. The van der Waals surface area contributed by atoms with Gasteiger partial charge in [-0.2, -0.15) is 0 Å². The van der Waals surface area contributed by atoms with Gasteiger partial charge in [0.1, 0.15) is 10.5 Å². The molecule has 0 saturated carbocycles. The fourth-order valence-electron chi connectivity index (χ4n) is 2.25. The molecule has 2 rings (SSSR count). The lowest BCUT2D eigenvalue weighted by Gasteiger charge is -2.21. The maximum absolute atomic E-state index is 12.4. The summed E-state index contributed by atoms with van der Waals surface area (Å²) in [5, 5.41) is 19.9. The highest BCUT2D eigenvalue weighted by atomic mass is 79.9. The molecule has 0 bridgehead atoms. The summed E-state index contributed by atoms with van der Waals surface area (Å²) in [5.74, 6) is -1.57. The van der Waals surface area contributed by atoms with Gasteiger partial charge in [-0.3, -0.25) is 14.9 Å². The Morgan fingerprint density at radius 1 is 1.45 bits per heavy atom. The van der Waals surface area contributed by atoms with Crippen molar-refractivity contribution >= 4 is 33.5 Å². The third-order valence-electron chi connectivity index (χ3n) is 3.20. The molecule has 1 fully saturated rings. The van der Waals surface area contributed by atoms with Crippen LogP contribution in [-0.2, 0) is 4.79 Å². The first-order valence-electron chi connectivity index (χ1n) is 5.90. The van der Waals surface area contributed by atoms with Crippen LogP contribution in [0.3, 0.4) is 0 Å². The molecule has 0 spiro atoms. The number of likely N-dealkylation sites (tertiary alicyclic amines) is 1. The number of nitrogens with zero attached hydrogens (tertiary/aromatic N) is 2. The Morgan fingerprint density at radius 3 is 2.75 bits per heavy atom. The van der Waals surface area contributed by atoms with Crippen molar-refractivity contribution in [1.29, 1.82) is 0 Å². The van der Waals surface area contributed by atoms with Gasteiger partial charge in [0.15, 0.2) is 0 Å². The van der Waals surface area contributed by atoms with Gasteiger partial charge in [0.25, 0.3) is 11.6 Å². The molecule has 1 unspecified atom stereocenters. The molecule has 1 N–H and O–H groups in total. The van der Waals surface area contributed by atoms with Crippen LogP contribution in [0.2, 0.25) is 0 Å². The number of hydrogen-bond acceptors (Lipinski definition) is 4. The van der Waals surface area contributed by atoms with Crippen LogP contribution < -0.4 is 0 Å². The standard InChI is InChI=1S/C12H11BrN2O5/c13-10-7(3-1-4-8(10)15(19)20)11(16)14-6-2-5-9(14)12(17)18/h1,3-4,9H,2,5-6H2,(H,17,18). The summed E-state index contributed by atoms with van der Waals surface area (Å²) in [7, 11) is 0. The lowest BCUT2D eigenvalue weighted by atomic mass is 10.1. The Labute approximate surface area is 122 Å². The van der Waals surface area contributed by atoms with Crippen LogP contribution in [0, 0.1) is 10.1 Å². The third kappa shape index (κ3) is 2.51. The number of rotatable bonds is 3. The SMILES string of the molecule is O=C(O)C1CCCN1C(=O)c1cccc([N+](=O)[O-])c1Br. The van der Waals surface area contributed by atoms with Crippen molar-refractivity contribution in [2.75, 3.05) is 6.54 Å². The van der Waals surface area contributed by atoms with Crippen molar-refractivity contribution < 1.29 is 19.6 Å². The molecule has 1 aromatic carbocycles. The van der Waals surface area contributed by atoms with Crippen molar-refractivity contribution in [3.63, 3.8) is 0 Å². The molecular formula is C12H11BrN2O5. The van der Waals surface area contributed by atoms with E-state index in [-0.39, 0.29) is 15.7 Å². The zero-order valence-corrected chi connectivity index (χ0v) is 11.9. The summed E-state index contributed by atoms with van der Waals surface area (Å²) < 4.78 is 0.0750. The summed E-state index contributed by atoms with van der Waals surface area (Å²) in [5.41, 5.74) is -0.116. The Kier molecular flexibility index (Phi) is 4.03. The average molecular weight is 343 g/mol. The van der Waals surface area contributed by atoms with Crippen LogP contribution in [-0.4, -0.2) is 39.4 Å². The molecule has 1 atom stereocenters. The molecule has 8 heteroatoms. The number of carboxylic acids is 1. The number of amides is 1. The van der Waals surface area contributed by atoms with Crippen molar-refractivity contribution in [3.8, 4) is 0 Å². The van der Waals surface area contributed by atoms with E-state index in [0.717, 1.165) is 0 Å². The summed E-state index contributed by atoms with van der Waals surface area (Å²) in [6, 6.07) is 3.26. The molecule has 1 aliphatic rings. The van der Waals surface area contributed by atoms with E-state index in [2.05, 4.69) is 15.9 Å². The van der Waals surface area contributed by atoms with Crippen LogP contribution in [0.25, 0.3) is 0 Å². The molecule has 0 radical (unpaired) electrons. The van der Waals surface area contributed by atoms with E-state index < -0.39 is 22.8 Å². The Bertz CT molecular complexity index is 589. The zero-order chi connectivity index (χ0) is 14.9. The number of halogens is 1. The zero-order valence-electron chi connectivity index (χ0n) is 10.3. The molecule has 0 aliphatic carbocycles. The Hall–Kier alpha value is -1.96. The highest BCUT2D eigenvalue weighted by Gasteiger charge is 2.35. The number of carbonyl (C=O) groups is 2. The van der Waals surface area contributed by atoms with Crippen molar-refractivity contribution in [1.82, 2.24) is 4.90 Å². The van der Waals surface area contributed by atoms with Crippen molar-refractivity contribution in [3.05, 3.63) is 38.3 Å². The maximum Gasteiger partial charge on any atom is 0.326 e. The van der Waals surface area contributed by atoms with Gasteiger partial charge in [-0.15, -0.1) is 0 Å². The highest BCUT2D eigenvalue weighted by Crippen LogP contribution is 2.30. The lowest BCUT2D eigenvalue weighted by molar-refractivity contribution is -0.385. The van der Waals surface area contributed by atoms with Gasteiger partial charge in [0.05, 0.1) is 10.5 Å². The average Bonchev–Trinajstić information content (AvgIpc) is 2.87. The molecule has 1 saturated heterocycles. The van der Waals surface area contributed by atoms with Gasteiger partial charge >= 0.3 is 5.97 Å². The van der Waals surface area contributed by atoms with Gasteiger partial charge in [-0.25, -0.2) is 4.79 Å². The van der Waals surface area contributed by atoms with E-state index in [1.807, 2.05) is 0 Å². The Morgan fingerprint density at radius 2 is 2.15 bits per heavy atom. The van der Waals surface area contributed by atoms with Crippen LogP contribution in [0.5, 0.6) is 0 Å². The number of aliphatic carboxylic acids is 1.